The van der Waals surface area contributed by atoms with Gasteiger partial charge in [-0.05, 0) is 55.4 Å². The third-order valence-electron chi connectivity index (χ3n) is 5.16. The maximum atomic E-state index is 9.30. The van der Waals surface area contributed by atoms with Gasteiger partial charge in [0, 0.05) is 37.6 Å². The van der Waals surface area contributed by atoms with Crippen LogP contribution in [-0.2, 0) is 13.1 Å². The molecule has 1 fully saturated rings. The van der Waals surface area contributed by atoms with Crippen molar-refractivity contribution < 1.29 is 4.42 Å². The number of nitriles is 1. The van der Waals surface area contributed by atoms with E-state index in [0.717, 1.165) is 62.8 Å². The molecule has 142 valence electrons. The highest BCUT2D eigenvalue weighted by Crippen LogP contribution is 2.26. The number of hydrogen-bond acceptors (Lipinski definition) is 5. The van der Waals surface area contributed by atoms with Gasteiger partial charge >= 0.3 is 0 Å². The monoisotopic (exact) mass is 372 g/mol. The molecule has 0 bridgehead atoms. The number of benzene rings is 1. The molecule has 0 amide bonds. The first-order chi connectivity index (χ1) is 13.8. The van der Waals surface area contributed by atoms with E-state index in [-0.39, 0.29) is 0 Å². The van der Waals surface area contributed by atoms with Crippen LogP contribution in [0.1, 0.15) is 23.3 Å². The highest BCUT2D eigenvalue weighted by molar-refractivity contribution is 5.66. The summed E-state index contributed by atoms with van der Waals surface area (Å²) in [5.74, 6) is 1.71. The molecule has 0 atom stereocenters. The van der Waals surface area contributed by atoms with Crippen molar-refractivity contribution in [1.82, 2.24) is 14.8 Å². The van der Waals surface area contributed by atoms with Gasteiger partial charge in [0.2, 0.25) is 0 Å². The van der Waals surface area contributed by atoms with Crippen LogP contribution < -0.4 is 0 Å². The van der Waals surface area contributed by atoms with E-state index in [4.69, 9.17) is 4.42 Å². The first kappa shape index (κ1) is 18.4. The van der Waals surface area contributed by atoms with Crippen LogP contribution in [0.25, 0.3) is 11.3 Å². The molecule has 0 unspecified atom stereocenters. The first-order valence-electron chi connectivity index (χ1n) is 9.73. The molecule has 1 aliphatic heterocycles. The van der Waals surface area contributed by atoms with E-state index in [0.29, 0.717) is 5.56 Å². The molecule has 28 heavy (non-hydrogen) atoms. The van der Waals surface area contributed by atoms with Crippen LogP contribution in [0.4, 0.5) is 0 Å². The molecule has 0 N–H and O–H groups in total. The summed E-state index contributed by atoms with van der Waals surface area (Å²) < 4.78 is 6.06. The van der Waals surface area contributed by atoms with Gasteiger partial charge in [-0.1, -0.05) is 18.2 Å². The van der Waals surface area contributed by atoms with E-state index in [2.05, 4.69) is 26.9 Å². The molecule has 0 aliphatic carbocycles. The van der Waals surface area contributed by atoms with E-state index >= 15 is 0 Å². The SMILES string of the molecule is N#Cc1ccccc1-c1ccc(CN2CCCN(Cc3cccnc3)CC2)o1. The molecule has 2 aromatic heterocycles. The average Bonchev–Trinajstić information content (AvgIpc) is 3.09. The van der Waals surface area contributed by atoms with Crippen LogP contribution in [0.15, 0.2) is 65.3 Å². The minimum absolute atomic E-state index is 0.643. The molecular formula is C23H24N4O. The molecule has 0 saturated carbocycles. The molecule has 3 heterocycles. The molecular weight excluding hydrogens is 348 g/mol. The Morgan fingerprint density at radius 1 is 0.929 bits per heavy atom. The first-order valence-corrected chi connectivity index (χ1v) is 9.73. The second-order valence-electron chi connectivity index (χ2n) is 7.19. The van der Waals surface area contributed by atoms with Crippen molar-refractivity contribution in [1.29, 1.82) is 5.26 Å². The topological polar surface area (TPSA) is 56.3 Å². The summed E-state index contributed by atoms with van der Waals surface area (Å²) in [5.41, 5.74) is 2.77. The second-order valence-corrected chi connectivity index (χ2v) is 7.19. The number of rotatable bonds is 5. The molecule has 5 nitrogen and oxygen atoms in total. The zero-order chi connectivity index (χ0) is 19.2. The minimum Gasteiger partial charge on any atom is -0.460 e. The third-order valence-corrected chi connectivity index (χ3v) is 5.16. The van der Waals surface area contributed by atoms with Gasteiger partial charge in [-0.2, -0.15) is 5.26 Å². The van der Waals surface area contributed by atoms with Crippen molar-refractivity contribution in [2.75, 3.05) is 26.2 Å². The fraction of sp³-hybridized carbons (Fsp3) is 0.304. The average molecular weight is 372 g/mol. The Kier molecular flexibility index (Phi) is 5.81. The molecule has 3 aromatic rings. The summed E-state index contributed by atoms with van der Waals surface area (Å²) in [5, 5.41) is 9.30. The van der Waals surface area contributed by atoms with Gasteiger partial charge in [0.25, 0.3) is 0 Å². The van der Waals surface area contributed by atoms with Crippen molar-refractivity contribution in [2.24, 2.45) is 0 Å². The molecule has 5 heteroatoms. The van der Waals surface area contributed by atoms with Crippen LogP contribution in [0, 0.1) is 11.3 Å². The van der Waals surface area contributed by atoms with Crippen molar-refractivity contribution in [3.8, 4) is 17.4 Å². The van der Waals surface area contributed by atoms with E-state index in [9.17, 15) is 5.26 Å². The highest BCUT2D eigenvalue weighted by atomic mass is 16.3. The van der Waals surface area contributed by atoms with Gasteiger partial charge in [0.15, 0.2) is 0 Å². The maximum Gasteiger partial charge on any atom is 0.135 e. The van der Waals surface area contributed by atoms with E-state index in [1.54, 1.807) is 0 Å². The van der Waals surface area contributed by atoms with E-state index < -0.39 is 0 Å². The number of aromatic nitrogens is 1. The fourth-order valence-corrected chi connectivity index (χ4v) is 3.71. The Bertz CT molecular complexity index is 944. The van der Waals surface area contributed by atoms with E-state index in [1.165, 1.54) is 5.56 Å². The molecule has 0 spiro atoms. The Hall–Kier alpha value is -2.94. The van der Waals surface area contributed by atoms with Gasteiger partial charge in [-0.25, -0.2) is 0 Å². The standard InChI is InChI=1S/C23H24N4O/c24-15-20-6-1-2-7-22(20)23-9-8-21(28-23)18-27-12-4-11-26(13-14-27)17-19-5-3-10-25-16-19/h1-3,5-10,16H,4,11-14,17-18H2. The number of nitrogens with zero attached hydrogens (tertiary/aromatic N) is 4. The smallest absolute Gasteiger partial charge is 0.135 e. The van der Waals surface area contributed by atoms with Crippen LogP contribution in [0.5, 0.6) is 0 Å². The minimum atomic E-state index is 0.643. The largest absolute Gasteiger partial charge is 0.460 e. The third kappa shape index (κ3) is 4.48. The summed E-state index contributed by atoms with van der Waals surface area (Å²) in [7, 11) is 0. The quantitative estimate of drug-likeness (QED) is 0.679. The van der Waals surface area contributed by atoms with Gasteiger partial charge < -0.3 is 4.42 Å². The maximum absolute atomic E-state index is 9.30. The van der Waals surface area contributed by atoms with Gasteiger partial charge in [0.05, 0.1) is 18.2 Å². The summed E-state index contributed by atoms with van der Waals surface area (Å²) in [6.07, 6.45) is 4.91. The zero-order valence-electron chi connectivity index (χ0n) is 15.9. The van der Waals surface area contributed by atoms with Gasteiger partial charge in [-0.15, -0.1) is 0 Å². The normalized spacial score (nSPS) is 15.8. The lowest BCUT2D eigenvalue weighted by Gasteiger charge is -2.21. The lowest BCUT2D eigenvalue weighted by atomic mass is 10.1. The van der Waals surface area contributed by atoms with E-state index in [1.807, 2.05) is 54.9 Å². The molecule has 1 aliphatic rings. The van der Waals surface area contributed by atoms with Crippen LogP contribution in [-0.4, -0.2) is 41.0 Å². The number of pyridine rings is 1. The molecule has 1 aromatic carbocycles. The summed E-state index contributed by atoms with van der Waals surface area (Å²) >= 11 is 0. The number of furan rings is 1. The van der Waals surface area contributed by atoms with Crippen molar-refractivity contribution in [3.63, 3.8) is 0 Å². The second kappa shape index (κ2) is 8.83. The lowest BCUT2D eigenvalue weighted by Crippen LogP contribution is -2.30. The fourth-order valence-electron chi connectivity index (χ4n) is 3.71. The highest BCUT2D eigenvalue weighted by Gasteiger charge is 2.17. The van der Waals surface area contributed by atoms with Crippen molar-refractivity contribution in [2.45, 2.75) is 19.5 Å². The van der Waals surface area contributed by atoms with Crippen molar-refractivity contribution >= 4 is 0 Å². The van der Waals surface area contributed by atoms with Crippen LogP contribution >= 0.6 is 0 Å². The Labute approximate surface area is 165 Å². The van der Waals surface area contributed by atoms with Crippen LogP contribution in [0.3, 0.4) is 0 Å². The Morgan fingerprint density at radius 3 is 2.54 bits per heavy atom. The summed E-state index contributed by atoms with van der Waals surface area (Å²) in [4.78, 5) is 9.15. The summed E-state index contributed by atoms with van der Waals surface area (Å²) in [6.45, 7) is 5.98. The molecule has 4 rings (SSSR count). The number of hydrogen-bond donors (Lipinski definition) is 0. The predicted molar refractivity (Wildman–Crippen MR) is 108 cm³/mol. The summed E-state index contributed by atoms with van der Waals surface area (Å²) in [6, 6.07) is 17.9. The lowest BCUT2D eigenvalue weighted by molar-refractivity contribution is 0.235. The predicted octanol–water partition coefficient (Wildman–Crippen LogP) is 3.92. The van der Waals surface area contributed by atoms with Gasteiger partial charge in [0.1, 0.15) is 11.5 Å². The van der Waals surface area contributed by atoms with Crippen molar-refractivity contribution in [3.05, 3.63) is 77.8 Å². The van der Waals surface area contributed by atoms with Crippen LogP contribution in [0.2, 0.25) is 0 Å². The molecule has 0 radical (unpaired) electrons. The van der Waals surface area contributed by atoms with Gasteiger partial charge in [-0.3, -0.25) is 14.8 Å². The molecule has 1 saturated heterocycles. The Morgan fingerprint density at radius 2 is 1.75 bits per heavy atom. The Balaban J connectivity index is 1.36. The zero-order valence-corrected chi connectivity index (χ0v) is 15.9.